The molecule has 0 saturated heterocycles. The van der Waals surface area contributed by atoms with Gasteiger partial charge < -0.3 is 5.32 Å². The molecule has 8 nitrogen and oxygen atoms in total. The van der Waals surface area contributed by atoms with Gasteiger partial charge in [-0.25, -0.2) is 0 Å². The van der Waals surface area contributed by atoms with Gasteiger partial charge in [-0.2, -0.15) is 0 Å². The number of rotatable bonds is 5. The molecule has 0 spiro atoms. The Kier molecular flexibility index (Phi) is 5.35. The van der Waals surface area contributed by atoms with Crippen molar-refractivity contribution < 1.29 is 19.3 Å². The number of benzene rings is 2. The van der Waals surface area contributed by atoms with Crippen molar-refractivity contribution in [1.82, 2.24) is 10.2 Å². The fourth-order valence-corrected chi connectivity index (χ4v) is 3.38. The molecular formula is C18H13Cl2N3O5. The zero-order valence-corrected chi connectivity index (χ0v) is 16.0. The van der Waals surface area contributed by atoms with Gasteiger partial charge in [-0.1, -0.05) is 35.3 Å². The molecule has 2 aromatic carbocycles. The summed E-state index contributed by atoms with van der Waals surface area (Å²) in [6, 6.07) is 7.39. The third-order valence-corrected chi connectivity index (χ3v) is 4.94. The molecule has 2 aromatic rings. The van der Waals surface area contributed by atoms with Gasteiger partial charge in [-0.15, -0.1) is 0 Å². The number of nitrogens with one attached hydrogen (secondary N) is 1. The van der Waals surface area contributed by atoms with E-state index < -0.39 is 34.4 Å². The average molecular weight is 422 g/mol. The fourth-order valence-electron chi connectivity index (χ4n) is 2.90. The fraction of sp³-hybridized carbons (Fsp3) is 0.167. The summed E-state index contributed by atoms with van der Waals surface area (Å²) in [7, 11) is 0. The van der Waals surface area contributed by atoms with Crippen molar-refractivity contribution in [1.29, 1.82) is 0 Å². The van der Waals surface area contributed by atoms with Gasteiger partial charge >= 0.3 is 0 Å². The Bertz CT molecular complexity index is 1020. The Morgan fingerprint density at radius 1 is 1.21 bits per heavy atom. The maximum atomic E-state index is 12.6. The first kappa shape index (κ1) is 19.8. The van der Waals surface area contributed by atoms with E-state index in [1.807, 2.05) is 0 Å². The Hall–Kier alpha value is -2.97. The molecule has 0 fully saturated rings. The Morgan fingerprint density at radius 3 is 2.57 bits per heavy atom. The Labute approximate surface area is 169 Å². The summed E-state index contributed by atoms with van der Waals surface area (Å²) in [5, 5.41) is 14.6. The molecule has 1 aliphatic rings. The maximum Gasteiger partial charge on any atom is 0.282 e. The lowest BCUT2D eigenvalue weighted by Crippen LogP contribution is -2.47. The average Bonchev–Trinajstić information content (AvgIpc) is 2.91. The first-order valence-corrected chi connectivity index (χ1v) is 8.85. The van der Waals surface area contributed by atoms with Crippen LogP contribution in [-0.4, -0.2) is 33.6 Å². The second-order valence-electron chi connectivity index (χ2n) is 6.07. The number of nitro benzene ring substituents is 1. The second-order valence-corrected chi connectivity index (χ2v) is 6.91. The summed E-state index contributed by atoms with van der Waals surface area (Å²) in [6.07, 6.45) is 0. The van der Waals surface area contributed by atoms with Crippen LogP contribution in [0.25, 0.3) is 0 Å². The number of carbonyl (C=O) groups is 3. The largest absolute Gasteiger partial charge is 0.350 e. The van der Waals surface area contributed by atoms with Gasteiger partial charge in [-0.05, 0) is 30.7 Å². The van der Waals surface area contributed by atoms with Crippen LogP contribution in [0.3, 0.4) is 0 Å². The van der Waals surface area contributed by atoms with E-state index in [-0.39, 0.29) is 17.7 Å². The van der Waals surface area contributed by atoms with Crippen LogP contribution < -0.4 is 5.32 Å². The van der Waals surface area contributed by atoms with Crippen LogP contribution in [0.4, 0.5) is 5.69 Å². The third-order valence-electron chi connectivity index (χ3n) is 4.36. The van der Waals surface area contributed by atoms with Crippen LogP contribution in [0.2, 0.25) is 10.0 Å². The van der Waals surface area contributed by atoms with E-state index in [0.717, 1.165) is 11.0 Å². The summed E-state index contributed by atoms with van der Waals surface area (Å²) in [6.45, 7) is 1.43. The molecular weight excluding hydrogens is 409 g/mol. The molecule has 1 atom stereocenters. The van der Waals surface area contributed by atoms with E-state index >= 15 is 0 Å². The molecule has 1 aliphatic heterocycles. The lowest BCUT2D eigenvalue weighted by atomic mass is 10.1. The predicted molar refractivity (Wildman–Crippen MR) is 101 cm³/mol. The molecule has 0 radical (unpaired) electrons. The van der Waals surface area contributed by atoms with Crippen molar-refractivity contribution in [3.8, 4) is 0 Å². The lowest BCUT2D eigenvalue weighted by Gasteiger charge is -2.21. The molecule has 0 aromatic heterocycles. The first-order valence-electron chi connectivity index (χ1n) is 8.09. The smallest absolute Gasteiger partial charge is 0.282 e. The molecule has 1 unspecified atom stereocenters. The van der Waals surface area contributed by atoms with E-state index in [1.165, 1.54) is 25.1 Å². The molecule has 144 valence electrons. The molecule has 0 bridgehead atoms. The number of hydrogen-bond acceptors (Lipinski definition) is 5. The minimum atomic E-state index is -1.17. The highest BCUT2D eigenvalue weighted by atomic mass is 35.5. The van der Waals surface area contributed by atoms with E-state index in [1.54, 1.807) is 12.1 Å². The molecule has 0 aliphatic carbocycles. The number of nitrogens with zero attached hydrogens (tertiary/aromatic N) is 2. The van der Waals surface area contributed by atoms with Gasteiger partial charge in [0.2, 0.25) is 5.91 Å². The summed E-state index contributed by atoms with van der Waals surface area (Å²) in [5.41, 5.74) is -0.277. The number of imide groups is 1. The van der Waals surface area contributed by atoms with Crippen LogP contribution >= 0.6 is 23.2 Å². The van der Waals surface area contributed by atoms with Crippen molar-refractivity contribution in [2.75, 3.05) is 0 Å². The quantitative estimate of drug-likeness (QED) is 0.452. The third kappa shape index (κ3) is 3.44. The van der Waals surface area contributed by atoms with Gasteiger partial charge in [0.1, 0.15) is 11.6 Å². The van der Waals surface area contributed by atoms with Crippen molar-refractivity contribution >= 4 is 46.6 Å². The van der Waals surface area contributed by atoms with E-state index in [2.05, 4.69) is 5.32 Å². The van der Waals surface area contributed by atoms with Gasteiger partial charge in [0.15, 0.2) is 0 Å². The summed E-state index contributed by atoms with van der Waals surface area (Å²) in [4.78, 5) is 48.8. The molecule has 3 amide bonds. The van der Waals surface area contributed by atoms with Gasteiger partial charge in [-0.3, -0.25) is 29.4 Å². The van der Waals surface area contributed by atoms with Crippen molar-refractivity contribution in [2.45, 2.75) is 19.5 Å². The number of nitro groups is 1. The normalized spacial score (nSPS) is 14.0. The van der Waals surface area contributed by atoms with Crippen LogP contribution in [0.15, 0.2) is 36.4 Å². The topological polar surface area (TPSA) is 110 Å². The minimum absolute atomic E-state index is 0.0580. The van der Waals surface area contributed by atoms with Gasteiger partial charge in [0, 0.05) is 22.7 Å². The summed E-state index contributed by atoms with van der Waals surface area (Å²) < 4.78 is 0. The van der Waals surface area contributed by atoms with Crippen molar-refractivity contribution in [3.63, 3.8) is 0 Å². The predicted octanol–water partition coefficient (Wildman–Crippen LogP) is 3.20. The van der Waals surface area contributed by atoms with Gasteiger partial charge in [0.25, 0.3) is 17.5 Å². The van der Waals surface area contributed by atoms with Gasteiger partial charge in [0.05, 0.1) is 10.5 Å². The van der Waals surface area contributed by atoms with Crippen LogP contribution in [0, 0.1) is 10.1 Å². The first-order chi connectivity index (χ1) is 13.2. The zero-order chi connectivity index (χ0) is 20.6. The Morgan fingerprint density at radius 2 is 1.93 bits per heavy atom. The Balaban J connectivity index is 1.79. The molecule has 10 heteroatoms. The number of halogens is 2. The molecule has 3 rings (SSSR count). The van der Waals surface area contributed by atoms with Crippen LogP contribution in [-0.2, 0) is 11.3 Å². The monoisotopic (exact) mass is 421 g/mol. The molecule has 1 N–H and O–H groups in total. The lowest BCUT2D eigenvalue weighted by molar-refractivity contribution is -0.385. The van der Waals surface area contributed by atoms with E-state index in [9.17, 15) is 24.5 Å². The zero-order valence-electron chi connectivity index (χ0n) is 14.4. The summed E-state index contributed by atoms with van der Waals surface area (Å²) >= 11 is 11.9. The molecule has 28 heavy (non-hydrogen) atoms. The standard InChI is InChI=1S/C18H13Cl2N3O5/c1-9(16(24)21-8-10-5-6-11(19)7-13(10)20)22-17(25)12-3-2-4-14(23(27)28)15(12)18(22)26/h2-7,9H,8H2,1H3,(H,21,24). The van der Waals surface area contributed by atoms with Crippen molar-refractivity contribution in [3.05, 3.63) is 73.2 Å². The minimum Gasteiger partial charge on any atom is -0.350 e. The number of amides is 3. The molecule has 0 saturated carbocycles. The van der Waals surface area contributed by atoms with Crippen molar-refractivity contribution in [2.24, 2.45) is 0 Å². The SMILES string of the molecule is CC(C(=O)NCc1ccc(Cl)cc1Cl)N1C(=O)c2cccc([N+](=O)[O-])c2C1=O. The maximum absolute atomic E-state index is 12.6. The highest BCUT2D eigenvalue weighted by molar-refractivity contribution is 6.35. The second kappa shape index (κ2) is 7.57. The summed E-state index contributed by atoms with van der Waals surface area (Å²) in [5.74, 6) is -2.24. The number of carbonyl (C=O) groups excluding carboxylic acids is 3. The number of hydrogen-bond donors (Lipinski definition) is 1. The van der Waals surface area contributed by atoms with E-state index in [4.69, 9.17) is 23.2 Å². The highest BCUT2D eigenvalue weighted by Crippen LogP contribution is 2.32. The van der Waals surface area contributed by atoms with Crippen LogP contribution in [0.5, 0.6) is 0 Å². The highest BCUT2D eigenvalue weighted by Gasteiger charge is 2.44. The van der Waals surface area contributed by atoms with Crippen LogP contribution in [0.1, 0.15) is 33.2 Å². The number of fused-ring (bicyclic) bond motifs is 1. The van der Waals surface area contributed by atoms with E-state index in [0.29, 0.717) is 15.6 Å². The molecule has 1 heterocycles.